The molecule has 1 aliphatic heterocycles. The second-order valence-corrected chi connectivity index (χ2v) is 5.52. The van der Waals surface area contributed by atoms with Crippen molar-refractivity contribution in [2.45, 2.75) is 25.8 Å². The second-order valence-electron chi connectivity index (χ2n) is 5.52. The van der Waals surface area contributed by atoms with Crippen molar-refractivity contribution in [1.82, 2.24) is 5.32 Å². The average molecular weight is 263 g/mol. The van der Waals surface area contributed by atoms with E-state index >= 15 is 0 Å². The summed E-state index contributed by atoms with van der Waals surface area (Å²) in [6.07, 6.45) is 3.37. The molecule has 0 saturated heterocycles. The van der Waals surface area contributed by atoms with Gasteiger partial charge in [-0.3, -0.25) is 0 Å². The van der Waals surface area contributed by atoms with Crippen LogP contribution in [0.15, 0.2) is 18.2 Å². The fraction of sp³-hybridized carbons (Fsp3) is 0.600. The van der Waals surface area contributed by atoms with Gasteiger partial charge in [-0.15, -0.1) is 0 Å². The molecule has 4 nitrogen and oxygen atoms in total. The number of hydrogen-bond donors (Lipinski definition) is 2. The van der Waals surface area contributed by atoms with Crippen LogP contribution >= 0.6 is 0 Å². The van der Waals surface area contributed by atoms with Crippen molar-refractivity contribution >= 4 is 0 Å². The van der Waals surface area contributed by atoms with Gasteiger partial charge < -0.3 is 19.9 Å². The number of rotatable bonds is 6. The Balaban J connectivity index is 1.58. The van der Waals surface area contributed by atoms with E-state index in [4.69, 9.17) is 14.6 Å². The molecular weight excluding hydrogens is 242 g/mol. The zero-order chi connectivity index (χ0) is 13.1. The predicted octanol–water partition coefficient (Wildman–Crippen LogP) is 1.71. The fourth-order valence-corrected chi connectivity index (χ4v) is 2.66. The maximum absolute atomic E-state index is 9.05. The van der Waals surface area contributed by atoms with Gasteiger partial charge in [-0.1, -0.05) is 12.1 Å². The second kappa shape index (κ2) is 5.39. The first-order valence-electron chi connectivity index (χ1n) is 7.02. The summed E-state index contributed by atoms with van der Waals surface area (Å²) in [6.45, 7) is 3.30. The van der Waals surface area contributed by atoms with Gasteiger partial charge in [0, 0.05) is 25.3 Å². The first-order valence-corrected chi connectivity index (χ1v) is 7.02. The minimum absolute atomic E-state index is 0.291. The molecule has 2 aliphatic rings. The van der Waals surface area contributed by atoms with Crippen LogP contribution in [-0.4, -0.2) is 31.5 Å². The van der Waals surface area contributed by atoms with E-state index in [2.05, 4.69) is 11.4 Å². The van der Waals surface area contributed by atoms with Crippen LogP contribution < -0.4 is 14.8 Å². The van der Waals surface area contributed by atoms with Crippen LogP contribution in [0.3, 0.4) is 0 Å². The summed E-state index contributed by atoms with van der Waals surface area (Å²) in [5.41, 5.74) is 1.50. The summed E-state index contributed by atoms with van der Waals surface area (Å²) in [5.74, 6) is 1.73. The number of para-hydroxylation sites is 1. The third-order valence-corrected chi connectivity index (χ3v) is 4.06. The molecule has 1 saturated carbocycles. The molecule has 2 N–H and O–H groups in total. The lowest BCUT2D eigenvalue weighted by Crippen LogP contribution is -2.25. The maximum atomic E-state index is 9.05. The number of aliphatic hydroxyl groups excluding tert-OH is 1. The van der Waals surface area contributed by atoms with Crippen LogP contribution in [0.25, 0.3) is 0 Å². The molecule has 3 rings (SSSR count). The monoisotopic (exact) mass is 263 g/mol. The molecular formula is C15H21NO3. The van der Waals surface area contributed by atoms with Crippen molar-refractivity contribution in [3.8, 4) is 11.5 Å². The highest BCUT2D eigenvalue weighted by Gasteiger charge is 2.41. The number of ether oxygens (including phenoxy) is 2. The Bertz CT molecular complexity index is 443. The van der Waals surface area contributed by atoms with Crippen LogP contribution in [0.5, 0.6) is 11.5 Å². The third kappa shape index (κ3) is 2.85. The summed E-state index contributed by atoms with van der Waals surface area (Å²) in [4.78, 5) is 0. The van der Waals surface area contributed by atoms with Crippen LogP contribution in [0.4, 0.5) is 0 Å². The molecule has 4 heteroatoms. The Kier molecular flexibility index (Phi) is 3.62. The molecule has 0 radical (unpaired) electrons. The van der Waals surface area contributed by atoms with Crippen molar-refractivity contribution in [1.29, 1.82) is 0 Å². The van der Waals surface area contributed by atoms with Gasteiger partial charge in [0.1, 0.15) is 13.2 Å². The van der Waals surface area contributed by atoms with Gasteiger partial charge in [0.2, 0.25) is 0 Å². The third-order valence-electron chi connectivity index (χ3n) is 4.06. The van der Waals surface area contributed by atoms with E-state index in [1.165, 1.54) is 12.8 Å². The zero-order valence-electron chi connectivity index (χ0n) is 11.2. The Labute approximate surface area is 113 Å². The van der Waals surface area contributed by atoms with Crippen LogP contribution in [-0.2, 0) is 6.54 Å². The van der Waals surface area contributed by atoms with E-state index in [-0.39, 0.29) is 0 Å². The highest BCUT2D eigenvalue weighted by molar-refractivity contribution is 5.47. The van der Waals surface area contributed by atoms with Crippen molar-refractivity contribution < 1.29 is 14.6 Å². The van der Waals surface area contributed by atoms with Gasteiger partial charge in [0.25, 0.3) is 0 Å². The molecule has 104 valence electrons. The molecule has 1 aromatic carbocycles. The predicted molar refractivity (Wildman–Crippen MR) is 72.5 cm³/mol. The summed E-state index contributed by atoms with van der Waals surface area (Å²) >= 11 is 0. The van der Waals surface area contributed by atoms with Gasteiger partial charge in [0.05, 0.1) is 0 Å². The van der Waals surface area contributed by atoms with Gasteiger partial charge >= 0.3 is 0 Å². The molecule has 1 fully saturated rings. The van der Waals surface area contributed by atoms with Crippen LogP contribution in [0.1, 0.15) is 24.8 Å². The minimum Gasteiger partial charge on any atom is -0.486 e. The number of benzene rings is 1. The highest BCUT2D eigenvalue weighted by atomic mass is 16.6. The molecule has 0 aromatic heterocycles. The summed E-state index contributed by atoms with van der Waals surface area (Å²) in [6, 6.07) is 6.03. The molecule has 0 atom stereocenters. The Hall–Kier alpha value is -1.26. The molecule has 0 amide bonds. The molecule has 1 heterocycles. The first-order chi connectivity index (χ1) is 9.33. The largest absolute Gasteiger partial charge is 0.486 e. The van der Waals surface area contributed by atoms with E-state index in [1.807, 2.05) is 12.1 Å². The van der Waals surface area contributed by atoms with E-state index < -0.39 is 0 Å². The van der Waals surface area contributed by atoms with Crippen LogP contribution in [0.2, 0.25) is 0 Å². The van der Waals surface area contributed by atoms with Gasteiger partial charge in [-0.2, -0.15) is 0 Å². The number of aliphatic hydroxyl groups is 1. The molecule has 0 unspecified atom stereocenters. The van der Waals surface area contributed by atoms with Crippen molar-refractivity contribution in [2.24, 2.45) is 5.41 Å². The van der Waals surface area contributed by atoms with Gasteiger partial charge in [-0.05, 0) is 30.7 Å². The zero-order valence-corrected chi connectivity index (χ0v) is 11.2. The van der Waals surface area contributed by atoms with Gasteiger partial charge in [-0.25, -0.2) is 0 Å². The summed E-state index contributed by atoms with van der Waals surface area (Å²) < 4.78 is 11.3. The van der Waals surface area contributed by atoms with E-state index in [0.717, 1.165) is 36.6 Å². The number of fused-ring (bicyclic) bond motifs is 1. The smallest absolute Gasteiger partial charge is 0.165 e. The average Bonchev–Trinajstić information content (AvgIpc) is 3.19. The van der Waals surface area contributed by atoms with E-state index in [1.54, 1.807) is 0 Å². The Morgan fingerprint density at radius 2 is 2.05 bits per heavy atom. The van der Waals surface area contributed by atoms with E-state index in [0.29, 0.717) is 25.2 Å². The van der Waals surface area contributed by atoms with Crippen molar-refractivity contribution in [3.63, 3.8) is 0 Å². The number of nitrogens with one attached hydrogen (secondary N) is 1. The standard InChI is InChI=1S/C15H21NO3/c17-7-6-15(4-5-15)11-16-10-12-2-1-3-13-14(12)19-9-8-18-13/h1-3,16-17H,4-11H2. The Morgan fingerprint density at radius 1 is 1.21 bits per heavy atom. The van der Waals surface area contributed by atoms with Crippen LogP contribution in [0, 0.1) is 5.41 Å². The summed E-state index contributed by atoms with van der Waals surface area (Å²) in [7, 11) is 0. The molecule has 1 aliphatic carbocycles. The SMILES string of the molecule is OCCC1(CNCc2cccc3c2OCCO3)CC1. The lowest BCUT2D eigenvalue weighted by molar-refractivity contribution is 0.169. The first kappa shape index (κ1) is 12.8. The van der Waals surface area contributed by atoms with Crippen molar-refractivity contribution in [3.05, 3.63) is 23.8 Å². The topological polar surface area (TPSA) is 50.7 Å². The minimum atomic E-state index is 0.291. The van der Waals surface area contributed by atoms with E-state index in [9.17, 15) is 0 Å². The Morgan fingerprint density at radius 3 is 2.84 bits per heavy atom. The fourth-order valence-electron chi connectivity index (χ4n) is 2.66. The molecule has 19 heavy (non-hydrogen) atoms. The normalized spacial score (nSPS) is 19.2. The van der Waals surface area contributed by atoms with Crippen molar-refractivity contribution in [2.75, 3.05) is 26.4 Å². The number of hydrogen-bond acceptors (Lipinski definition) is 4. The lowest BCUT2D eigenvalue weighted by atomic mass is 10.0. The maximum Gasteiger partial charge on any atom is 0.165 e. The summed E-state index contributed by atoms with van der Waals surface area (Å²) in [5, 5.41) is 12.5. The molecule has 0 bridgehead atoms. The molecule has 1 aromatic rings. The lowest BCUT2D eigenvalue weighted by Gasteiger charge is -2.21. The highest BCUT2D eigenvalue weighted by Crippen LogP contribution is 2.48. The quantitative estimate of drug-likeness (QED) is 0.820. The molecule has 0 spiro atoms. The van der Waals surface area contributed by atoms with Gasteiger partial charge in [0.15, 0.2) is 11.5 Å².